The Balaban J connectivity index is 1.36. The molecule has 4 aromatic rings. The molecule has 0 spiro atoms. The van der Waals surface area contributed by atoms with E-state index in [9.17, 15) is 0 Å². The fraction of sp³-hybridized carbons (Fsp3) is 0.391. The zero-order chi connectivity index (χ0) is 23.9. The first-order valence-corrected chi connectivity index (χ1v) is 11.1. The summed E-state index contributed by atoms with van der Waals surface area (Å²) in [5, 5.41) is 14.9. The van der Waals surface area contributed by atoms with E-state index in [2.05, 4.69) is 61.3 Å². The van der Waals surface area contributed by atoms with E-state index < -0.39 is 0 Å². The molecule has 1 fully saturated rings. The molecule has 1 atom stereocenters. The van der Waals surface area contributed by atoms with Gasteiger partial charge in [-0.3, -0.25) is 5.10 Å². The molecule has 0 aromatic carbocycles. The van der Waals surface area contributed by atoms with E-state index in [0.717, 1.165) is 30.1 Å². The highest BCUT2D eigenvalue weighted by Crippen LogP contribution is 2.38. The highest BCUT2D eigenvalue weighted by atomic mass is 16.5. The van der Waals surface area contributed by atoms with E-state index in [1.165, 1.54) is 0 Å². The van der Waals surface area contributed by atoms with Crippen LogP contribution in [0.25, 0.3) is 11.4 Å². The summed E-state index contributed by atoms with van der Waals surface area (Å²) in [7, 11) is 1.55. The van der Waals surface area contributed by atoms with Gasteiger partial charge in [0.25, 0.3) is 0 Å². The molecule has 0 radical (unpaired) electrons. The van der Waals surface area contributed by atoms with Crippen molar-refractivity contribution in [2.45, 2.75) is 45.6 Å². The molecule has 4 aromatic heterocycles. The summed E-state index contributed by atoms with van der Waals surface area (Å²) in [5.74, 6) is 3.14. The van der Waals surface area contributed by atoms with Gasteiger partial charge in [0.05, 0.1) is 13.2 Å². The van der Waals surface area contributed by atoms with Crippen LogP contribution in [0.3, 0.4) is 0 Å². The van der Waals surface area contributed by atoms with Crippen molar-refractivity contribution in [3.8, 4) is 17.3 Å². The number of hydrogen-bond donors (Lipinski definition) is 2. The van der Waals surface area contributed by atoms with Crippen LogP contribution in [0.2, 0.25) is 0 Å². The lowest BCUT2D eigenvalue weighted by molar-refractivity contribution is 0.315. The zero-order valence-corrected chi connectivity index (χ0v) is 19.8. The Kier molecular flexibility index (Phi) is 5.39. The first-order chi connectivity index (χ1) is 16.3. The second kappa shape index (κ2) is 8.40. The molecular weight excluding hydrogens is 434 g/mol. The van der Waals surface area contributed by atoms with Gasteiger partial charge in [-0.2, -0.15) is 10.1 Å². The Hall–Kier alpha value is -4.02. The van der Waals surface area contributed by atoms with Gasteiger partial charge >= 0.3 is 0 Å². The van der Waals surface area contributed by atoms with E-state index >= 15 is 0 Å². The van der Waals surface area contributed by atoms with E-state index in [-0.39, 0.29) is 11.5 Å². The maximum Gasteiger partial charge on any atom is 0.242 e. The molecule has 0 amide bonds. The van der Waals surface area contributed by atoms with Gasteiger partial charge in [-0.15, -0.1) is 0 Å². The van der Waals surface area contributed by atoms with Crippen molar-refractivity contribution in [1.29, 1.82) is 0 Å². The number of aryl methyl sites for hydroxylation is 1. The van der Waals surface area contributed by atoms with Crippen LogP contribution in [0, 0.1) is 6.92 Å². The molecule has 1 saturated heterocycles. The first kappa shape index (κ1) is 21.8. The van der Waals surface area contributed by atoms with Crippen molar-refractivity contribution in [1.82, 2.24) is 35.3 Å². The molecule has 5 rings (SSSR count). The van der Waals surface area contributed by atoms with Gasteiger partial charge < -0.3 is 19.5 Å². The Morgan fingerprint density at radius 2 is 1.94 bits per heavy atom. The molecule has 11 heteroatoms. The van der Waals surface area contributed by atoms with E-state index in [1.807, 2.05) is 25.1 Å². The molecule has 34 heavy (non-hydrogen) atoms. The number of aromatic amines is 1. The van der Waals surface area contributed by atoms with Gasteiger partial charge in [0.2, 0.25) is 11.8 Å². The van der Waals surface area contributed by atoms with Crippen molar-refractivity contribution in [3.05, 3.63) is 47.7 Å². The Morgan fingerprint density at radius 3 is 2.65 bits per heavy atom. The number of anilines is 3. The van der Waals surface area contributed by atoms with E-state index in [0.29, 0.717) is 34.9 Å². The molecule has 1 aliphatic rings. The summed E-state index contributed by atoms with van der Waals surface area (Å²) < 4.78 is 11.0. The average Bonchev–Trinajstić information content (AvgIpc) is 3.42. The summed E-state index contributed by atoms with van der Waals surface area (Å²) in [6.07, 6.45) is 4.08. The third kappa shape index (κ3) is 4.16. The van der Waals surface area contributed by atoms with Crippen LogP contribution in [-0.4, -0.2) is 48.9 Å². The van der Waals surface area contributed by atoms with Crippen molar-refractivity contribution in [2.75, 3.05) is 23.9 Å². The Labute approximate surface area is 197 Å². The lowest BCUT2D eigenvalue weighted by atomic mass is 9.92. The number of rotatable bonds is 6. The number of hydrogen-bond acceptors (Lipinski definition) is 10. The molecule has 176 valence electrons. The van der Waals surface area contributed by atoms with Crippen molar-refractivity contribution < 1.29 is 9.26 Å². The largest absolute Gasteiger partial charge is 0.479 e. The van der Waals surface area contributed by atoms with Gasteiger partial charge in [-0.05, 0) is 13.3 Å². The molecule has 1 unspecified atom stereocenters. The number of nitrogens with one attached hydrogen (secondary N) is 2. The Bertz CT molecular complexity index is 1310. The molecular formula is C23H27N9O2. The SMILES string of the molecule is COc1nccnc1-c1cc(C2CCN2c2nc(C)cc(Nc3cc(C(C)(C)C)[nH]n3)n2)on1. The van der Waals surface area contributed by atoms with Crippen molar-refractivity contribution >= 4 is 17.6 Å². The van der Waals surface area contributed by atoms with Crippen LogP contribution in [0.15, 0.2) is 35.1 Å². The number of methoxy groups -OCH3 is 1. The number of H-pyrrole nitrogens is 1. The van der Waals surface area contributed by atoms with E-state index in [1.54, 1.807) is 19.5 Å². The third-order valence-corrected chi connectivity index (χ3v) is 5.72. The van der Waals surface area contributed by atoms with Crippen molar-refractivity contribution in [3.63, 3.8) is 0 Å². The van der Waals surface area contributed by atoms with Crippen LogP contribution in [0.1, 0.15) is 50.4 Å². The molecule has 11 nitrogen and oxygen atoms in total. The average molecular weight is 462 g/mol. The first-order valence-electron chi connectivity index (χ1n) is 11.1. The maximum absolute atomic E-state index is 5.66. The standard InChI is InChI=1S/C23H27N9O2/c1-13-10-18(27-19-12-17(29-30-19)23(2,3)4)28-22(26-13)32-9-6-15(32)16-11-14(31-34-16)20-21(33-5)25-8-7-24-20/h7-8,10-12,15H,6,9H2,1-5H3,(H2,26,27,28,29,30). The maximum atomic E-state index is 5.66. The Morgan fingerprint density at radius 1 is 1.12 bits per heavy atom. The fourth-order valence-corrected chi connectivity index (χ4v) is 3.78. The lowest BCUT2D eigenvalue weighted by Crippen LogP contribution is -2.42. The monoisotopic (exact) mass is 461 g/mol. The lowest BCUT2D eigenvalue weighted by Gasteiger charge is -2.39. The minimum Gasteiger partial charge on any atom is -0.479 e. The number of nitrogens with zero attached hydrogens (tertiary/aromatic N) is 7. The van der Waals surface area contributed by atoms with Gasteiger partial charge in [-0.25, -0.2) is 15.0 Å². The van der Waals surface area contributed by atoms with Gasteiger partial charge in [0.1, 0.15) is 11.5 Å². The molecule has 5 heterocycles. The molecule has 2 N–H and O–H groups in total. The highest BCUT2D eigenvalue weighted by Gasteiger charge is 2.35. The highest BCUT2D eigenvalue weighted by molar-refractivity contribution is 5.60. The normalized spacial score (nSPS) is 15.8. The quantitative estimate of drug-likeness (QED) is 0.435. The van der Waals surface area contributed by atoms with Crippen molar-refractivity contribution in [2.24, 2.45) is 0 Å². The molecule has 0 bridgehead atoms. The van der Waals surface area contributed by atoms with Crippen LogP contribution in [0.4, 0.5) is 17.6 Å². The van der Waals surface area contributed by atoms with E-state index in [4.69, 9.17) is 14.2 Å². The number of ether oxygens (including phenoxy) is 1. The summed E-state index contributed by atoms with van der Waals surface area (Å²) in [6.45, 7) is 9.17. The predicted octanol–water partition coefficient (Wildman–Crippen LogP) is 3.95. The minimum absolute atomic E-state index is 0.0172. The number of aromatic nitrogens is 7. The van der Waals surface area contributed by atoms with Crippen LogP contribution in [-0.2, 0) is 5.41 Å². The topological polar surface area (TPSA) is 131 Å². The zero-order valence-electron chi connectivity index (χ0n) is 19.8. The summed E-state index contributed by atoms with van der Waals surface area (Å²) >= 11 is 0. The summed E-state index contributed by atoms with van der Waals surface area (Å²) in [6, 6.07) is 5.75. The van der Waals surface area contributed by atoms with Gasteiger partial charge in [-0.1, -0.05) is 25.9 Å². The minimum atomic E-state index is -0.0180. The second-order valence-corrected chi connectivity index (χ2v) is 9.26. The summed E-state index contributed by atoms with van der Waals surface area (Å²) in [4.78, 5) is 20.0. The van der Waals surface area contributed by atoms with Crippen LogP contribution < -0.4 is 15.0 Å². The second-order valence-electron chi connectivity index (χ2n) is 9.26. The predicted molar refractivity (Wildman–Crippen MR) is 126 cm³/mol. The van der Waals surface area contributed by atoms with Crippen LogP contribution >= 0.6 is 0 Å². The molecule has 1 aliphatic heterocycles. The molecule has 0 aliphatic carbocycles. The fourth-order valence-electron chi connectivity index (χ4n) is 3.78. The summed E-state index contributed by atoms with van der Waals surface area (Å²) in [5.41, 5.74) is 3.00. The molecule has 0 saturated carbocycles. The smallest absolute Gasteiger partial charge is 0.242 e. The van der Waals surface area contributed by atoms with Gasteiger partial charge in [0.15, 0.2) is 17.3 Å². The third-order valence-electron chi connectivity index (χ3n) is 5.72. The van der Waals surface area contributed by atoms with Crippen LogP contribution in [0.5, 0.6) is 5.88 Å². The van der Waals surface area contributed by atoms with Gasteiger partial charge in [0, 0.05) is 53.9 Å².